The maximum atomic E-state index is 9.47. The maximum absolute atomic E-state index is 9.47. The van der Waals surface area contributed by atoms with Crippen LogP contribution < -0.4 is 0 Å². The van der Waals surface area contributed by atoms with E-state index in [9.17, 15) is 5.11 Å². The topological polar surface area (TPSA) is 40.5 Å². The van der Waals surface area contributed by atoms with Gasteiger partial charge in [-0.3, -0.25) is 0 Å². The third kappa shape index (κ3) is 4.52. The molecule has 0 aromatic heterocycles. The number of halogens is 1. The second-order valence-electron chi connectivity index (χ2n) is 3.60. The van der Waals surface area contributed by atoms with Crippen molar-refractivity contribution in [2.45, 2.75) is 39.7 Å². The lowest BCUT2D eigenvalue weighted by atomic mass is 9.94. The van der Waals surface area contributed by atoms with E-state index in [0.29, 0.717) is 5.02 Å². The van der Waals surface area contributed by atoms with Crippen molar-refractivity contribution in [3.63, 3.8) is 0 Å². The number of benzene rings is 1. The Labute approximate surface area is 103 Å². The number of rotatable bonds is 3. The Bertz CT molecular complexity index is 293. The van der Waals surface area contributed by atoms with Crippen molar-refractivity contribution >= 4 is 11.6 Å². The zero-order chi connectivity index (χ0) is 12.7. The summed E-state index contributed by atoms with van der Waals surface area (Å²) in [6.07, 6.45) is -0.729. The van der Waals surface area contributed by atoms with Crippen molar-refractivity contribution in [3.8, 4) is 0 Å². The van der Waals surface area contributed by atoms with E-state index in [4.69, 9.17) is 16.7 Å². The van der Waals surface area contributed by atoms with Crippen LogP contribution >= 0.6 is 11.6 Å². The van der Waals surface area contributed by atoms with E-state index in [1.54, 1.807) is 0 Å². The summed E-state index contributed by atoms with van der Waals surface area (Å²) in [4.78, 5) is 0. The largest absolute Gasteiger partial charge is 0.394 e. The van der Waals surface area contributed by atoms with E-state index < -0.39 is 6.10 Å². The van der Waals surface area contributed by atoms with Crippen LogP contribution in [0.15, 0.2) is 18.2 Å². The van der Waals surface area contributed by atoms with E-state index in [0.717, 1.165) is 11.1 Å². The molecule has 0 saturated carbocycles. The van der Waals surface area contributed by atoms with Crippen molar-refractivity contribution in [2.75, 3.05) is 6.61 Å². The van der Waals surface area contributed by atoms with Crippen molar-refractivity contribution in [1.29, 1.82) is 0 Å². The Kier molecular flexibility index (Phi) is 7.39. The van der Waals surface area contributed by atoms with Crippen molar-refractivity contribution in [1.82, 2.24) is 0 Å². The molecule has 1 aromatic rings. The average molecular weight is 245 g/mol. The van der Waals surface area contributed by atoms with Gasteiger partial charge in [-0.1, -0.05) is 38.4 Å². The predicted molar refractivity (Wildman–Crippen MR) is 69.0 cm³/mol. The van der Waals surface area contributed by atoms with Gasteiger partial charge in [0.05, 0.1) is 12.7 Å². The summed E-state index contributed by atoms with van der Waals surface area (Å²) < 4.78 is 0. The molecule has 2 nitrogen and oxygen atoms in total. The summed E-state index contributed by atoms with van der Waals surface area (Å²) in [6, 6.07) is 5.65. The second-order valence-corrected chi connectivity index (χ2v) is 4.04. The van der Waals surface area contributed by atoms with Crippen molar-refractivity contribution in [3.05, 3.63) is 34.3 Å². The fraction of sp³-hybridized carbons (Fsp3) is 0.538. The minimum Gasteiger partial charge on any atom is -0.394 e. The van der Waals surface area contributed by atoms with Crippen LogP contribution in [0.1, 0.15) is 37.8 Å². The predicted octanol–water partition coefficient (Wildman–Crippen LogP) is 3.13. The number of aryl methyl sites for hydroxylation is 1. The number of aliphatic hydroxyl groups excluding tert-OH is 2. The highest BCUT2D eigenvalue weighted by molar-refractivity contribution is 6.30. The highest BCUT2D eigenvalue weighted by Crippen LogP contribution is 2.23. The zero-order valence-corrected chi connectivity index (χ0v) is 11.1. The SMILES string of the molecule is CC.Cc1cc(Cl)cc(C(C)C(O)CO)c1. The first-order valence-corrected chi connectivity index (χ1v) is 5.98. The van der Waals surface area contributed by atoms with E-state index in [-0.39, 0.29) is 12.5 Å². The molecule has 2 unspecified atom stereocenters. The third-order valence-electron chi connectivity index (χ3n) is 2.35. The van der Waals surface area contributed by atoms with Gasteiger partial charge in [-0.25, -0.2) is 0 Å². The molecule has 0 aliphatic carbocycles. The fourth-order valence-corrected chi connectivity index (χ4v) is 1.71. The van der Waals surface area contributed by atoms with Crippen LogP contribution in [0, 0.1) is 6.92 Å². The number of hydrogen-bond donors (Lipinski definition) is 2. The molecule has 0 aliphatic heterocycles. The molecule has 2 atom stereocenters. The van der Waals surface area contributed by atoms with Crippen molar-refractivity contribution in [2.24, 2.45) is 0 Å². The molecule has 3 heteroatoms. The Balaban J connectivity index is 0.00000106. The molecule has 0 fully saturated rings. The van der Waals surface area contributed by atoms with Crippen LogP contribution in [-0.2, 0) is 0 Å². The van der Waals surface area contributed by atoms with Gasteiger partial charge in [0, 0.05) is 10.9 Å². The summed E-state index contributed by atoms with van der Waals surface area (Å²) in [5.74, 6) is -0.0996. The van der Waals surface area contributed by atoms with E-state index in [1.165, 1.54) is 0 Å². The van der Waals surface area contributed by atoms with Gasteiger partial charge in [0.1, 0.15) is 0 Å². The normalized spacial score (nSPS) is 13.7. The van der Waals surface area contributed by atoms with Gasteiger partial charge in [0.2, 0.25) is 0 Å². The lowest BCUT2D eigenvalue weighted by Gasteiger charge is -2.17. The molecule has 0 radical (unpaired) electrons. The molecule has 2 N–H and O–H groups in total. The minimum absolute atomic E-state index is 0.0996. The molecule has 0 spiro atoms. The summed E-state index contributed by atoms with van der Waals surface area (Å²) >= 11 is 5.90. The Hall–Kier alpha value is -0.570. The summed E-state index contributed by atoms with van der Waals surface area (Å²) in [5, 5.41) is 19.0. The van der Waals surface area contributed by atoms with Crippen LogP contribution in [0.4, 0.5) is 0 Å². The Morgan fingerprint density at radius 2 is 1.81 bits per heavy atom. The standard InChI is InChI=1S/C11H15ClO2.C2H6/c1-7-3-9(5-10(12)4-7)8(2)11(14)6-13;1-2/h3-5,8,11,13-14H,6H2,1-2H3;1-2H3. The average Bonchev–Trinajstić information content (AvgIpc) is 2.28. The van der Waals surface area contributed by atoms with Crippen LogP contribution in [0.25, 0.3) is 0 Å². The highest BCUT2D eigenvalue weighted by Gasteiger charge is 2.15. The first kappa shape index (κ1) is 15.4. The minimum atomic E-state index is -0.729. The first-order valence-electron chi connectivity index (χ1n) is 5.60. The summed E-state index contributed by atoms with van der Waals surface area (Å²) in [5.41, 5.74) is 2.01. The smallest absolute Gasteiger partial charge is 0.0836 e. The van der Waals surface area contributed by atoms with Crippen LogP contribution in [0.5, 0.6) is 0 Å². The molecule has 92 valence electrons. The maximum Gasteiger partial charge on any atom is 0.0836 e. The molecule has 0 aliphatic rings. The number of aliphatic hydroxyl groups is 2. The van der Waals surface area contributed by atoms with Gasteiger partial charge < -0.3 is 10.2 Å². The summed E-state index contributed by atoms with van der Waals surface area (Å²) in [7, 11) is 0. The Morgan fingerprint density at radius 3 is 2.25 bits per heavy atom. The van der Waals surface area contributed by atoms with E-state index in [1.807, 2.05) is 45.9 Å². The monoisotopic (exact) mass is 244 g/mol. The quantitative estimate of drug-likeness (QED) is 0.858. The highest BCUT2D eigenvalue weighted by atomic mass is 35.5. The van der Waals surface area contributed by atoms with Crippen LogP contribution in [0.2, 0.25) is 5.02 Å². The lowest BCUT2D eigenvalue weighted by Crippen LogP contribution is -2.20. The van der Waals surface area contributed by atoms with Crippen molar-refractivity contribution < 1.29 is 10.2 Å². The van der Waals surface area contributed by atoms with Gasteiger partial charge in [-0.05, 0) is 30.2 Å². The van der Waals surface area contributed by atoms with Gasteiger partial charge >= 0.3 is 0 Å². The fourth-order valence-electron chi connectivity index (χ4n) is 1.41. The summed E-state index contributed by atoms with van der Waals surface area (Å²) in [6.45, 7) is 7.59. The van der Waals surface area contributed by atoms with Gasteiger partial charge in [-0.2, -0.15) is 0 Å². The molecule has 0 saturated heterocycles. The lowest BCUT2D eigenvalue weighted by molar-refractivity contribution is 0.0772. The van der Waals surface area contributed by atoms with Crippen LogP contribution in [0.3, 0.4) is 0 Å². The van der Waals surface area contributed by atoms with Gasteiger partial charge in [-0.15, -0.1) is 0 Å². The number of hydrogen-bond acceptors (Lipinski definition) is 2. The van der Waals surface area contributed by atoms with E-state index >= 15 is 0 Å². The molecule has 1 rings (SSSR count). The molecule has 0 heterocycles. The van der Waals surface area contributed by atoms with E-state index in [2.05, 4.69) is 0 Å². The van der Waals surface area contributed by atoms with Crippen LogP contribution in [-0.4, -0.2) is 22.9 Å². The second kappa shape index (κ2) is 7.66. The Morgan fingerprint density at radius 1 is 1.25 bits per heavy atom. The third-order valence-corrected chi connectivity index (χ3v) is 2.57. The molecular weight excluding hydrogens is 224 g/mol. The van der Waals surface area contributed by atoms with Gasteiger partial charge in [0.15, 0.2) is 0 Å². The molecule has 1 aromatic carbocycles. The molecular formula is C13H21ClO2. The molecule has 0 amide bonds. The van der Waals surface area contributed by atoms with Gasteiger partial charge in [0.25, 0.3) is 0 Å². The zero-order valence-electron chi connectivity index (χ0n) is 10.4. The molecule has 0 bridgehead atoms. The first-order chi connectivity index (χ1) is 7.54. The molecule has 16 heavy (non-hydrogen) atoms.